The lowest BCUT2D eigenvalue weighted by Crippen LogP contribution is -2.15. The average molecular weight is 191 g/mol. The predicted octanol–water partition coefficient (Wildman–Crippen LogP) is 1.44. The van der Waals surface area contributed by atoms with Gasteiger partial charge in [0, 0.05) is 5.69 Å². The zero-order valence-electron chi connectivity index (χ0n) is 8.14. The van der Waals surface area contributed by atoms with Crippen LogP contribution in [0.25, 0.3) is 0 Å². The molecule has 0 N–H and O–H groups in total. The maximum absolute atomic E-state index is 11.3. The second-order valence-corrected chi connectivity index (χ2v) is 3.26. The Hall–Kier alpha value is -1.51. The van der Waals surface area contributed by atoms with Gasteiger partial charge in [0.2, 0.25) is 0 Å². The van der Waals surface area contributed by atoms with Gasteiger partial charge in [-0.15, -0.1) is 0 Å². The maximum atomic E-state index is 11.3. The van der Waals surface area contributed by atoms with E-state index >= 15 is 0 Å². The molecular weight excluding hydrogens is 178 g/mol. The highest BCUT2D eigenvalue weighted by Crippen LogP contribution is 2.27. The SMILES string of the molecule is CCOC(=O)[C@H]1CN1c1ccccc1. The van der Waals surface area contributed by atoms with Crippen molar-refractivity contribution in [2.24, 2.45) is 0 Å². The van der Waals surface area contributed by atoms with Gasteiger partial charge in [0.15, 0.2) is 0 Å². The van der Waals surface area contributed by atoms with Crippen LogP contribution in [0.3, 0.4) is 0 Å². The highest BCUT2D eigenvalue weighted by Gasteiger charge is 2.41. The van der Waals surface area contributed by atoms with Gasteiger partial charge >= 0.3 is 5.97 Å². The number of hydrogen-bond donors (Lipinski definition) is 0. The van der Waals surface area contributed by atoms with Crippen LogP contribution < -0.4 is 4.90 Å². The number of carbonyl (C=O) groups excluding carboxylic acids is 1. The van der Waals surface area contributed by atoms with E-state index in [9.17, 15) is 4.79 Å². The van der Waals surface area contributed by atoms with E-state index in [1.165, 1.54) is 0 Å². The molecule has 1 aromatic rings. The van der Waals surface area contributed by atoms with Crippen LogP contribution in [0.4, 0.5) is 5.69 Å². The van der Waals surface area contributed by atoms with Gasteiger partial charge in [-0.1, -0.05) is 18.2 Å². The molecule has 1 saturated heterocycles. The van der Waals surface area contributed by atoms with Crippen molar-refractivity contribution in [3.05, 3.63) is 30.3 Å². The third-order valence-corrected chi connectivity index (χ3v) is 2.26. The van der Waals surface area contributed by atoms with Crippen LogP contribution in [-0.2, 0) is 9.53 Å². The minimum atomic E-state index is -0.114. The minimum absolute atomic E-state index is 0.0580. The molecule has 3 nitrogen and oxygen atoms in total. The van der Waals surface area contributed by atoms with Crippen molar-refractivity contribution in [1.29, 1.82) is 0 Å². The second kappa shape index (κ2) is 3.70. The first kappa shape index (κ1) is 9.06. The number of para-hydroxylation sites is 1. The Kier molecular flexibility index (Phi) is 2.39. The summed E-state index contributed by atoms with van der Waals surface area (Å²) in [6.45, 7) is 3.06. The van der Waals surface area contributed by atoms with Crippen molar-refractivity contribution in [3.63, 3.8) is 0 Å². The fourth-order valence-corrected chi connectivity index (χ4v) is 1.48. The van der Waals surface area contributed by atoms with Crippen molar-refractivity contribution in [1.82, 2.24) is 0 Å². The molecule has 1 aromatic carbocycles. The van der Waals surface area contributed by atoms with Crippen LogP contribution in [0.1, 0.15) is 6.92 Å². The topological polar surface area (TPSA) is 29.3 Å². The van der Waals surface area contributed by atoms with E-state index < -0.39 is 0 Å². The van der Waals surface area contributed by atoms with Crippen LogP contribution in [-0.4, -0.2) is 25.2 Å². The molecule has 14 heavy (non-hydrogen) atoms. The van der Waals surface area contributed by atoms with Gasteiger partial charge in [-0.05, 0) is 19.1 Å². The van der Waals surface area contributed by atoms with E-state index in [0.717, 1.165) is 12.2 Å². The molecule has 1 aliphatic rings. The van der Waals surface area contributed by atoms with Gasteiger partial charge in [0.25, 0.3) is 0 Å². The van der Waals surface area contributed by atoms with E-state index in [1.807, 2.05) is 42.2 Å². The quantitative estimate of drug-likeness (QED) is 0.534. The third-order valence-electron chi connectivity index (χ3n) is 2.26. The summed E-state index contributed by atoms with van der Waals surface area (Å²) in [5.41, 5.74) is 1.09. The number of carbonyl (C=O) groups is 1. The van der Waals surface area contributed by atoms with Crippen LogP contribution in [0.5, 0.6) is 0 Å². The zero-order chi connectivity index (χ0) is 9.97. The lowest BCUT2D eigenvalue weighted by molar-refractivity contribution is -0.142. The normalized spacial score (nSPS) is 19.2. The Morgan fingerprint density at radius 2 is 2.21 bits per heavy atom. The van der Waals surface area contributed by atoms with Crippen molar-refractivity contribution in [3.8, 4) is 0 Å². The second-order valence-electron chi connectivity index (χ2n) is 3.26. The first-order chi connectivity index (χ1) is 6.83. The number of hydrogen-bond acceptors (Lipinski definition) is 3. The summed E-state index contributed by atoms with van der Waals surface area (Å²) in [6, 6.07) is 9.84. The first-order valence-electron chi connectivity index (χ1n) is 4.81. The predicted molar refractivity (Wildman–Crippen MR) is 54.2 cm³/mol. The summed E-state index contributed by atoms with van der Waals surface area (Å²) in [5.74, 6) is -0.114. The molecule has 2 rings (SSSR count). The van der Waals surface area contributed by atoms with Crippen LogP contribution >= 0.6 is 0 Å². The largest absolute Gasteiger partial charge is 0.464 e. The van der Waals surface area contributed by atoms with Crippen LogP contribution in [0, 0.1) is 0 Å². The molecular formula is C11H13NO2. The Labute approximate surface area is 83.3 Å². The molecule has 0 aliphatic carbocycles. The molecule has 0 unspecified atom stereocenters. The van der Waals surface area contributed by atoms with Crippen LogP contribution in [0.2, 0.25) is 0 Å². The summed E-state index contributed by atoms with van der Waals surface area (Å²) >= 11 is 0. The fourth-order valence-electron chi connectivity index (χ4n) is 1.48. The lowest BCUT2D eigenvalue weighted by Gasteiger charge is -2.04. The molecule has 74 valence electrons. The molecule has 1 fully saturated rings. The number of benzene rings is 1. The lowest BCUT2D eigenvalue weighted by atomic mass is 10.3. The standard InChI is InChI=1S/C11H13NO2/c1-2-14-11(13)10-8-12(10)9-6-4-3-5-7-9/h3-7,10H,2,8H2,1H3/t10-,12?/m1/s1. The minimum Gasteiger partial charge on any atom is -0.464 e. The number of esters is 1. The smallest absolute Gasteiger partial charge is 0.330 e. The maximum Gasteiger partial charge on any atom is 0.330 e. The van der Waals surface area contributed by atoms with Gasteiger partial charge in [-0.3, -0.25) is 0 Å². The first-order valence-corrected chi connectivity index (χ1v) is 4.81. The van der Waals surface area contributed by atoms with Gasteiger partial charge in [0.05, 0.1) is 13.2 Å². The number of nitrogens with zero attached hydrogens (tertiary/aromatic N) is 1. The summed E-state index contributed by atoms with van der Waals surface area (Å²) in [7, 11) is 0. The molecule has 0 saturated carbocycles. The fraction of sp³-hybridized carbons (Fsp3) is 0.364. The van der Waals surface area contributed by atoms with Gasteiger partial charge in [0.1, 0.15) is 6.04 Å². The van der Waals surface area contributed by atoms with Crippen molar-refractivity contribution in [2.75, 3.05) is 18.1 Å². The van der Waals surface area contributed by atoms with E-state index in [2.05, 4.69) is 0 Å². The molecule has 0 amide bonds. The summed E-state index contributed by atoms with van der Waals surface area (Å²) < 4.78 is 4.94. The molecule has 0 aromatic heterocycles. The molecule has 1 heterocycles. The highest BCUT2D eigenvalue weighted by atomic mass is 16.5. The number of anilines is 1. The highest BCUT2D eigenvalue weighted by molar-refractivity contribution is 5.86. The Morgan fingerprint density at radius 3 is 2.86 bits per heavy atom. The Morgan fingerprint density at radius 1 is 1.50 bits per heavy atom. The van der Waals surface area contributed by atoms with E-state index in [4.69, 9.17) is 4.74 Å². The van der Waals surface area contributed by atoms with Gasteiger partial charge < -0.3 is 9.64 Å². The van der Waals surface area contributed by atoms with E-state index in [1.54, 1.807) is 0 Å². The summed E-state index contributed by atoms with van der Waals surface area (Å²) in [6.07, 6.45) is 0. The molecule has 0 spiro atoms. The molecule has 3 heteroatoms. The molecule has 1 atom stereocenters. The summed E-state index contributed by atoms with van der Waals surface area (Å²) in [5, 5.41) is 0. The third kappa shape index (κ3) is 1.71. The Bertz CT molecular complexity index is 323. The van der Waals surface area contributed by atoms with Gasteiger partial charge in [-0.2, -0.15) is 0 Å². The van der Waals surface area contributed by atoms with Crippen LogP contribution in [0.15, 0.2) is 30.3 Å². The van der Waals surface area contributed by atoms with Crippen molar-refractivity contribution in [2.45, 2.75) is 13.0 Å². The monoisotopic (exact) mass is 191 g/mol. The molecule has 0 radical (unpaired) electrons. The molecule has 0 bridgehead atoms. The van der Waals surface area contributed by atoms with Gasteiger partial charge in [-0.25, -0.2) is 4.79 Å². The van der Waals surface area contributed by atoms with E-state index in [-0.39, 0.29) is 12.0 Å². The number of rotatable bonds is 3. The Balaban J connectivity index is 1.96. The summed E-state index contributed by atoms with van der Waals surface area (Å²) in [4.78, 5) is 13.4. The van der Waals surface area contributed by atoms with E-state index in [0.29, 0.717) is 6.61 Å². The zero-order valence-corrected chi connectivity index (χ0v) is 8.14. The van der Waals surface area contributed by atoms with Crippen molar-refractivity contribution >= 4 is 11.7 Å². The number of ether oxygens (including phenoxy) is 1. The average Bonchev–Trinajstić information content (AvgIpc) is 2.99. The molecule has 1 aliphatic heterocycles. The van der Waals surface area contributed by atoms with Crippen molar-refractivity contribution < 1.29 is 9.53 Å².